The van der Waals surface area contributed by atoms with Crippen molar-refractivity contribution >= 4 is 5.65 Å². The minimum absolute atomic E-state index is 0.602. The number of fused-ring (bicyclic) bond motifs is 1. The van der Waals surface area contributed by atoms with Crippen LogP contribution in [0.15, 0.2) is 36.4 Å². The van der Waals surface area contributed by atoms with Gasteiger partial charge in [0.25, 0.3) is 5.95 Å². The molecule has 0 fully saturated rings. The summed E-state index contributed by atoms with van der Waals surface area (Å²) in [6, 6.07) is 11.8. The summed E-state index contributed by atoms with van der Waals surface area (Å²) >= 11 is 0. The molecule has 3 heterocycles. The van der Waals surface area contributed by atoms with E-state index < -0.39 is 0 Å². The molecule has 0 spiro atoms. The Balaban J connectivity index is 1.88. The first-order chi connectivity index (χ1) is 10.2. The Labute approximate surface area is 120 Å². The summed E-state index contributed by atoms with van der Waals surface area (Å²) in [4.78, 5) is 4.51. The first-order valence-corrected chi connectivity index (χ1v) is 6.62. The van der Waals surface area contributed by atoms with Crippen molar-refractivity contribution in [2.75, 3.05) is 0 Å². The van der Waals surface area contributed by atoms with Crippen LogP contribution in [0.5, 0.6) is 0 Å². The number of hydrogen-bond acceptors (Lipinski definition) is 4. The number of aryl methyl sites for hydroxylation is 2. The summed E-state index contributed by atoms with van der Waals surface area (Å²) < 4.78 is 3.49. The van der Waals surface area contributed by atoms with Gasteiger partial charge in [-0.2, -0.15) is 9.20 Å². The van der Waals surface area contributed by atoms with Crippen molar-refractivity contribution in [2.24, 2.45) is 0 Å². The van der Waals surface area contributed by atoms with Crippen LogP contribution in [-0.4, -0.2) is 34.6 Å². The Bertz CT molecular complexity index is 914. The third-order valence-corrected chi connectivity index (χ3v) is 3.30. The van der Waals surface area contributed by atoms with Crippen LogP contribution in [0.4, 0.5) is 0 Å². The first-order valence-electron chi connectivity index (χ1n) is 6.62. The van der Waals surface area contributed by atoms with E-state index in [4.69, 9.17) is 0 Å². The summed E-state index contributed by atoms with van der Waals surface area (Å²) in [5, 5.41) is 16.0. The van der Waals surface area contributed by atoms with Crippen LogP contribution in [0.3, 0.4) is 0 Å². The van der Waals surface area contributed by atoms with E-state index in [1.54, 1.807) is 9.20 Å². The predicted molar refractivity (Wildman–Crippen MR) is 77.2 cm³/mol. The Hall–Kier alpha value is -2.96. The lowest BCUT2D eigenvalue weighted by Crippen LogP contribution is -2.05. The fourth-order valence-corrected chi connectivity index (χ4v) is 2.32. The second-order valence-electron chi connectivity index (χ2n) is 4.89. The van der Waals surface area contributed by atoms with Gasteiger partial charge in [-0.3, -0.25) is 5.10 Å². The average molecular weight is 279 g/mol. The van der Waals surface area contributed by atoms with E-state index in [9.17, 15) is 0 Å². The molecule has 0 atom stereocenters. The van der Waals surface area contributed by atoms with Crippen molar-refractivity contribution in [3.05, 3.63) is 47.9 Å². The van der Waals surface area contributed by atoms with Gasteiger partial charge >= 0.3 is 0 Å². The van der Waals surface area contributed by atoms with E-state index in [1.165, 1.54) is 0 Å². The molecule has 1 aromatic carbocycles. The van der Waals surface area contributed by atoms with Crippen LogP contribution in [0.1, 0.15) is 11.5 Å². The summed E-state index contributed by atoms with van der Waals surface area (Å²) in [5.74, 6) is 2.04. The molecule has 0 aliphatic carbocycles. The van der Waals surface area contributed by atoms with Crippen LogP contribution in [-0.2, 0) is 0 Å². The van der Waals surface area contributed by atoms with Gasteiger partial charge in [-0.1, -0.05) is 30.3 Å². The molecule has 0 saturated carbocycles. The summed E-state index contributed by atoms with van der Waals surface area (Å²) in [7, 11) is 0. The van der Waals surface area contributed by atoms with Gasteiger partial charge in [-0.15, -0.1) is 15.3 Å². The maximum absolute atomic E-state index is 4.54. The fraction of sp³-hybridized carbons (Fsp3) is 0.143. The van der Waals surface area contributed by atoms with Gasteiger partial charge in [0.1, 0.15) is 5.82 Å². The van der Waals surface area contributed by atoms with E-state index >= 15 is 0 Å². The lowest BCUT2D eigenvalue weighted by molar-refractivity contribution is 0.738. The van der Waals surface area contributed by atoms with Gasteiger partial charge in [0.15, 0.2) is 11.5 Å². The molecular weight excluding hydrogens is 266 g/mol. The topological polar surface area (TPSA) is 76.7 Å². The second-order valence-corrected chi connectivity index (χ2v) is 4.89. The van der Waals surface area contributed by atoms with Gasteiger partial charge in [0.05, 0.1) is 0 Å². The SMILES string of the molecule is Cc1cc2nnc(-n3nc(-c4ccccc4)nc3C)n2[nH]1. The molecule has 7 nitrogen and oxygen atoms in total. The molecule has 104 valence electrons. The fourth-order valence-electron chi connectivity index (χ4n) is 2.32. The number of aromatic amines is 1. The average Bonchev–Trinajstić information content (AvgIpc) is 3.14. The molecule has 0 aliphatic heterocycles. The van der Waals surface area contributed by atoms with Crippen LogP contribution < -0.4 is 0 Å². The third kappa shape index (κ3) is 1.82. The third-order valence-electron chi connectivity index (χ3n) is 3.30. The van der Waals surface area contributed by atoms with Crippen LogP contribution in [0, 0.1) is 13.8 Å². The number of H-pyrrole nitrogens is 1. The number of hydrogen-bond donors (Lipinski definition) is 1. The van der Waals surface area contributed by atoms with E-state index in [2.05, 4.69) is 25.4 Å². The Morgan fingerprint density at radius 2 is 1.86 bits per heavy atom. The van der Waals surface area contributed by atoms with Crippen LogP contribution in [0.2, 0.25) is 0 Å². The summed E-state index contributed by atoms with van der Waals surface area (Å²) in [6.45, 7) is 3.87. The molecule has 3 aromatic heterocycles. The van der Waals surface area contributed by atoms with Gasteiger partial charge in [-0.25, -0.2) is 4.98 Å². The van der Waals surface area contributed by atoms with Gasteiger partial charge in [0, 0.05) is 17.3 Å². The zero-order valence-electron chi connectivity index (χ0n) is 11.6. The van der Waals surface area contributed by atoms with Gasteiger partial charge in [-0.05, 0) is 13.8 Å². The van der Waals surface area contributed by atoms with Crippen molar-refractivity contribution in [1.82, 2.24) is 34.6 Å². The zero-order valence-corrected chi connectivity index (χ0v) is 11.6. The summed E-state index contributed by atoms with van der Waals surface area (Å²) in [5.41, 5.74) is 2.75. The highest BCUT2D eigenvalue weighted by Crippen LogP contribution is 2.17. The number of nitrogens with one attached hydrogen (secondary N) is 1. The highest BCUT2D eigenvalue weighted by Gasteiger charge is 2.15. The molecule has 0 aliphatic rings. The monoisotopic (exact) mass is 279 g/mol. The van der Waals surface area contributed by atoms with Crippen molar-refractivity contribution in [1.29, 1.82) is 0 Å². The Morgan fingerprint density at radius 3 is 2.67 bits per heavy atom. The zero-order chi connectivity index (χ0) is 14.4. The Kier molecular flexibility index (Phi) is 2.41. The molecule has 0 unspecified atom stereocenters. The molecule has 0 radical (unpaired) electrons. The van der Waals surface area contributed by atoms with Gasteiger partial charge in [0.2, 0.25) is 0 Å². The predicted octanol–water partition coefficient (Wildman–Crippen LogP) is 1.92. The molecule has 4 rings (SSSR count). The van der Waals surface area contributed by atoms with E-state index in [-0.39, 0.29) is 0 Å². The highest BCUT2D eigenvalue weighted by molar-refractivity contribution is 5.54. The van der Waals surface area contributed by atoms with Crippen LogP contribution in [0.25, 0.3) is 23.0 Å². The molecule has 0 saturated heterocycles. The van der Waals surface area contributed by atoms with Crippen molar-refractivity contribution in [3.63, 3.8) is 0 Å². The Morgan fingerprint density at radius 1 is 1.05 bits per heavy atom. The normalized spacial score (nSPS) is 11.3. The molecule has 4 aromatic rings. The maximum Gasteiger partial charge on any atom is 0.273 e. The minimum atomic E-state index is 0.602. The number of rotatable bonds is 2. The molecule has 7 heteroatoms. The van der Waals surface area contributed by atoms with Crippen molar-refractivity contribution in [3.8, 4) is 17.3 Å². The molecular formula is C14H13N7. The van der Waals surface area contributed by atoms with E-state index in [0.29, 0.717) is 11.8 Å². The number of benzene rings is 1. The standard InChI is InChI=1S/C14H13N7/c1-9-8-12-16-17-14(21(12)18-9)20-10(2)15-13(19-20)11-6-4-3-5-7-11/h3-8,18H,1-2H3. The quantitative estimate of drug-likeness (QED) is 0.608. The maximum atomic E-state index is 4.54. The van der Waals surface area contributed by atoms with E-state index in [1.807, 2.05) is 50.2 Å². The number of nitrogens with zero attached hydrogens (tertiary/aromatic N) is 6. The van der Waals surface area contributed by atoms with Crippen molar-refractivity contribution < 1.29 is 0 Å². The first kappa shape index (κ1) is 11.8. The highest BCUT2D eigenvalue weighted by atomic mass is 15.5. The largest absolute Gasteiger partial charge is 0.294 e. The molecule has 0 bridgehead atoms. The summed E-state index contributed by atoms with van der Waals surface area (Å²) in [6.07, 6.45) is 0. The molecule has 1 N–H and O–H groups in total. The smallest absolute Gasteiger partial charge is 0.273 e. The van der Waals surface area contributed by atoms with E-state index in [0.717, 1.165) is 22.7 Å². The van der Waals surface area contributed by atoms with Gasteiger partial charge < -0.3 is 0 Å². The van der Waals surface area contributed by atoms with Crippen molar-refractivity contribution in [2.45, 2.75) is 13.8 Å². The molecule has 21 heavy (non-hydrogen) atoms. The molecule has 0 amide bonds. The minimum Gasteiger partial charge on any atom is -0.294 e. The lowest BCUT2D eigenvalue weighted by atomic mass is 10.2. The lowest BCUT2D eigenvalue weighted by Gasteiger charge is -1.98. The van der Waals surface area contributed by atoms with Crippen LogP contribution >= 0.6 is 0 Å². The second kappa shape index (κ2) is 4.27. The number of aromatic nitrogens is 7.